The van der Waals surface area contributed by atoms with E-state index in [1.54, 1.807) is 17.4 Å². The van der Waals surface area contributed by atoms with Crippen LogP contribution in [-0.2, 0) is 6.42 Å². The lowest BCUT2D eigenvalue weighted by Crippen LogP contribution is -2.11. The minimum absolute atomic E-state index is 0. The fraction of sp³-hybridized carbons (Fsp3) is 0.267. The molecule has 5 heteroatoms. The molecule has 20 heavy (non-hydrogen) atoms. The monoisotopic (exact) mass is 310 g/mol. The van der Waals surface area contributed by atoms with Crippen LogP contribution < -0.4 is 11.1 Å². The van der Waals surface area contributed by atoms with Crippen molar-refractivity contribution in [3.63, 3.8) is 0 Å². The number of anilines is 2. The van der Waals surface area contributed by atoms with Crippen molar-refractivity contribution in [3.05, 3.63) is 45.1 Å². The lowest BCUT2D eigenvalue weighted by atomic mass is 10.2. The zero-order valence-corrected chi connectivity index (χ0v) is 13.5. The number of benzene rings is 1. The summed E-state index contributed by atoms with van der Waals surface area (Å²) in [5.74, 6) is -0.0681. The van der Waals surface area contributed by atoms with Crippen LogP contribution in [0.25, 0.3) is 0 Å². The Balaban J connectivity index is 0.00000200. The number of hydrogen-bond acceptors (Lipinski definition) is 3. The summed E-state index contributed by atoms with van der Waals surface area (Å²) in [6.45, 7) is 6.09. The summed E-state index contributed by atoms with van der Waals surface area (Å²) in [6.07, 6.45) is 0.959. The second-order valence-corrected chi connectivity index (χ2v) is 5.74. The minimum Gasteiger partial charge on any atom is -0.399 e. The highest BCUT2D eigenvalue weighted by Crippen LogP contribution is 2.24. The number of amides is 1. The van der Waals surface area contributed by atoms with Crippen LogP contribution in [0.4, 0.5) is 11.4 Å². The van der Waals surface area contributed by atoms with Gasteiger partial charge in [-0.05, 0) is 49.6 Å². The minimum atomic E-state index is -0.0681. The molecule has 2 rings (SSSR count). The molecule has 0 spiro atoms. The highest BCUT2D eigenvalue weighted by atomic mass is 35.5. The van der Waals surface area contributed by atoms with Crippen molar-refractivity contribution in [2.24, 2.45) is 0 Å². The Morgan fingerprint density at radius 3 is 2.55 bits per heavy atom. The van der Waals surface area contributed by atoms with Gasteiger partial charge in [-0.25, -0.2) is 0 Å². The highest BCUT2D eigenvalue weighted by molar-refractivity contribution is 7.14. The van der Waals surface area contributed by atoms with Gasteiger partial charge >= 0.3 is 0 Å². The summed E-state index contributed by atoms with van der Waals surface area (Å²) < 4.78 is 0. The van der Waals surface area contributed by atoms with Crippen molar-refractivity contribution in [1.82, 2.24) is 0 Å². The van der Waals surface area contributed by atoms with Crippen LogP contribution >= 0.6 is 23.7 Å². The smallest absolute Gasteiger partial charge is 0.265 e. The number of thiophene rings is 1. The number of rotatable bonds is 3. The quantitative estimate of drug-likeness (QED) is 0.835. The van der Waals surface area contributed by atoms with Gasteiger partial charge in [-0.1, -0.05) is 13.0 Å². The van der Waals surface area contributed by atoms with Crippen molar-refractivity contribution in [1.29, 1.82) is 0 Å². The van der Waals surface area contributed by atoms with Crippen LogP contribution in [0.3, 0.4) is 0 Å². The van der Waals surface area contributed by atoms with E-state index in [-0.39, 0.29) is 18.3 Å². The standard InChI is InChI=1S/C15H18N2OS.ClH/c1-4-13-10(3)7-14(19-13)15(18)17-12-8-11(16)6-5-9(12)2;/h5-8H,4,16H2,1-3H3,(H,17,18);1H. The van der Waals surface area contributed by atoms with E-state index in [2.05, 4.69) is 12.2 Å². The van der Waals surface area contributed by atoms with Gasteiger partial charge in [0.15, 0.2) is 0 Å². The molecule has 0 aliphatic rings. The Bertz CT molecular complexity index is 622. The molecule has 0 saturated carbocycles. The van der Waals surface area contributed by atoms with E-state index in [4.69, 9.17) is 5.73 Å². The first-order chi connectivity index (χ1) is 9.01. The number of nitrogen functional groups attached to an aromatic ring is 1. The van der Waals surface area contributed by atoms with Gasteiger partial charge in [0, 0.05) is 16.3 Å². The lowest BCUT2D eigenvalue weighted by molar-refractivity contribution is 0.103. The summed E-state index contributed by atoms with van der Waals surface area (Å²) in [5.41, 5.74) is 9.35. The Morgan fingerprint density at radius 1 is 1.25 bits per heavy atom. The Labute approximate surface area is 129 Å². The first kappa shape index (κ1) is 16.5. The summed E-state index contributed by atoms with van der Waals surface area (Å²) in [5, 5.41) is 2.92. The number of carbonyl (C=O) groups is 1. The van der Waals surface area contributed by atoms with Crippen LogP contribution in [0, 0.1) is 13.8 Å². The fourth-order valence-corrected chi connectivity index (χ4v) is 2.95. The van der Waals surface area contributed by atoms with E-state index in [1.807, 2.05) is 32.0 Å². The van der Waals surface area contributed by atoms with Crippen LogP contribution in [0.15, 0.2) is 24.3 Å². The molecule has 2 aromatic rings. The molecule has 0 aliphatic heterocycles. The third-order valence-corrected chi connectivity index (χ3v) is 4.46. The van der Waals surface area contributed by atoms with E-state index in [1.165, 1.54) is 10.4 Å². The van der Waals surface area contributed by atoms with Gasteiger partial charge in [-0.3, -0.25) is 4.79 Å². The van der Waals surface area contributed by atoms with Gasteiger partial charge in [0.25, 0.3) is 5.91 Å². The van der Waals surface area contributed by atoms with E-state index in [0.29, 0.717) is 5.69 Å². The molecule has 0 radical (unpaired) electrons. The van der Waals surface area contributed by atoms with Crippen LogP contribution in [0.5, 0.6) is 0 Å². The number of nitrogens with two attached hydrogens (primary N) is 1. The second kappa shape index (κ2) is 6.77. The molecule has 0 unspecified atom stereocenters. The molecule has 1 heterocycles. The second-order valence-electron chi connectivity index (χ2n) is 4.60. The third-order valence-electron chi connectivity index (χ3n) is 3.08. The molecule has 1 amide bonds. The van der Waals surface area contributed by atoms with E-state index in [0.717, 1.165) is 22.5 Å². The third kappa shape index (κ3) is 3.52. The summed E-state index contributed by atoms with van der Waals surface area (Å²) in [6, 6.07) is 7.46. The molecule has 0 bridgehead atoms. The van der Waals surface area contributed by atoms with Crippen molar-refractivity contribution < 1.29 is 4.79 Å². The molecule has 0 aliphatic carbocycles. The Hall–Kier alpha value is -1.52. The molecule has 0 atom stereocenters. The number of hydrogen-bond donors (Lipinski definition) is 2. The molecule has 0 saturated heterocycles. The summed E-state index contributed by atoms with van der Waals surface area (Å²) in [7, 11) is 0. The number of nitrogens with one attached hydrogen (secondary N) is 1. The Kier molecular flexibility index (Phi) is 5.60. The van der Waals surface area contributed by atoms with Crippen molar-refractivity contribution in [2.45, 2.75) is 27.2 Å². The van der Waals surface area contributed by atoms with Crippen LogP contribution in [0.1, 0.15) is 32.6 Å². The maximum Gasteiger partial charge on any atom is 0.265 e. The number of carbonyl (C=O) groups excluding carboxylic acids is 1. The fourth-order valence-electron chi connectivity index (χ4n) is 1.94. The lowest BCUT2D eigenvalue weighted by Gasteiger charge is -2.08. The summed E-state index contributed by atoms with van der Waals surface area (Å²) in [4.78, 5) is 14.2. The molecule has 1 aromatic carbocycles. The van der Waals surface area contributed by atoms with Crippen LogP contribution in [0.2, 0.25) is 0 Å². The number of aryl methyl sites for hydroxylation is 3. The highest BCUT2D eigenvalue weighted by Gasteiger charge is 2.12. The largest absolute Gasteiger partial charge is 0.399 e. The van der Waals surface area contributed by atoms with Gasteiger partial charge in [-0.2, -0.15) is 0 Å². The van der Waals surface area contributed by atoms with Crippen LogP contribution in [-0.4, -0.2) is 5.91 Å². The predicted molar refractivity (Wildman–Crippen MR) is 89.2 cm³/mol. The topological polar surface area (TPSA) is 55.1 Å². The molecule has 1 aromatic heterocycles. The van der Waals surface area contributed by atoms with Crippen molar-refractivity contribution in [2.75, 3.05) is 11.1 Å². The van der Waals surface area contributed by atoms with E-state index in [9.17, 15) is 4.79 Å². The molecule has 108 valence electrons. The van der Waals surface area contributed by atoms with Gasteiger partial charge in [-0.15, -0.1) is 23.7 Å². The van der Waals surface area contributed by atoms with Gasteiger partial charge in [0.05, 0.1) is 4.88 Å². The first-order valence-corrected chi connectivity index (χ1v) is 7.09. The van der Waals surface area contributed by atoms with E-state index < -0.39 is 0 Å². The van der Waals surface area contributed by atoms with Crippen molar-refractivity contribution in [3.8, 4) is 0 Å². The number of halogens is 1. The molecule has 3 nitrogen and oxygen atoms in total. The molecular weight excluding hydrogens is 292 g/mol. The maximum absolute atomic E-state index is 12.2. The zero-order valence-electron chi connectivity index (χ0n) is 11.8. The molecular formula is C15H19ClN2OS. The average molecular weight is 311 g/mol. The average Bonchev–Trinajstić information content (AvgIpc) is 2.75. The predicted octanol–water partition coefficient (Wildman–Crippen LogP) is 4.18. The molecule has 3 N–H and O–H groups in total. The van der Waals surface area contributed by atoms with Crippen molar-refractivity contribution >= 4 is 41.0 Å². The first-order valence-electron chi connectivity index (χ1n) is 6.28. The normalized spacial score (nSPS) is 9.95. The molecule has 0 fully saturated rings. The Morgan fingerprint density at radius 2 is 1.95 bits per heavy atom. The SMILES string of the molecule is CCc1sc(C(=O)Nc2cc(N)ccc2C)cc1C.Cl. The zero-order chi connectivity index (χ0) is 14.0. The maximum atomic E-state index is 12.2. The van der Waals surface area contributed by atoms with Gasteiger partial charge in [0.2, 0.25) is 0 Å². The van der Waals surface area contributed by atoms with Gasteiger partial charge < -0.3 is 11.1 Å². The van der Waals surface area contributed by atoms with Gasteiger partial charge in [0.1, 0.15) is 0 Å². The summed E-state index contributed by atoms with van der Waals surface area (Å²) >= 11 is 1.55. The van der Waals surface area contributed by atoms with E-state index >= 15 is 0 Å².